The summed E-state index contributed by atoms with van der Waals surface area (Å²) >= 11 is 3.49. The third kappa shape index (κ3) is 3.98. The number of para-hydroxylation sites is 2. The fourth-order valence-electron chi connectivity index (χ4n) is 3.00. The standard InChI is InChI=1S/C22H19BrN2O2/c1-26-18-10-12-19(13-11-18)27-15-22-24-20-4-2-3-5-21(20)25(22)14-16-6-8-17(23)9-7-16/h2-13H,14-15H2,1H3. The van der Waals surface area contributed by atoms with E-state index in [0.717, 1.165) is 39.4 Å². The molecule has 1 heterocycles. The Labute approximate surface area is 166 Å². The van der Waals surface area contributed by atoms with Crippen molar-refractivity contribution >= 4 is 27.0 Å². The molecule has 0 atom stereocenters. The molecule has 0 radical (unpaired) electrons. The Morgan fingerprint density at radius 1 is 0.889 bits per heavy atom. The maximum Gasteiger partial charge on any atom is 0.148 e. The molecule has 1 aromatic heterocycles. The Kier molecular flexibility index (Phi) is 5.12. The van der Waals surface area contributed by atoms with E-state index in [4.69, 9.17) is 14.5 Å². The monoisotopic (exact) mass is 422 g/mol. The van der Waals surface area contributed by atoms with Gasteiger partial charge in [0.25, 0.3) is 0 Å². The molecule has 136 valence electrons. The van der Waals surface area contributed by atoms with Gasteiger partial charge in [-0.15, -0.1) is 0 Å². The molecule has 0 unspecified atom stereocenters. The summed E-state index contributed by atoms with van der Waals surface area (Å²) in [7, 11) is 1.65. The van der Waals surface area contributed by atoms with Crippen LogP contribution in [0.1, 0.15) is 11.4 Å². The second-order valence-corrected chi connectivity index (χ2v) is 7.11. The Bertz CT molecular complexity index is 1040. The van der Waals surface area contributed by atoms with Crippen molar-refractivity contribution in [1.82, 2.24) is 9.55 Å². The number of halogens is 1. The molecule has 0 spiro atoms. The quantitative estimate of drug-likeness (QED) is 0.415. The van der Waals surface area contributed by atoms with Gasteiger partial charge >= 0.3 is 0 Å². The van der Waals surface area contributed by atoms with Gasteiger partial charge < -0.3 is 14.0 Å². The van der Waals surface area contributed by atoms with Crippen LogP contribution in [0.4, 0.5) is 0 Å². The highest BCUT2D eigenvalue weighted by Crippen LogP contribution is 2.22. The third-order valence-corrected chi connectivity index (χ3v) is 4.94. The van der Waals surface area contributed by atoms with Gasteiger partial charge in [0.1, 0.15) is 23.9 Å². The predicted molar refractivity (Wildman–Crippen MR) is 110 cm³/mol. The van der Waals surface area contributed by atoms with E-state index in [2.05, 4.69) is 50.8 Å². The highest BCUT2D eigenvalue weighted by molar-refractivity contribution is 9.10. The third-order valence-electron chi connectivity index (χ3n) is 4.41. The highest BCUT2D eigenvalue weighted by atomic mass is 79.9. The largest absolute Gasteiger partial charge is 0.497 e. The summed E-state index contributed by atoms with van der Waals surface area (Å²) in [5, 5.41) is 0. The molecule has 27 heavy (non-hydrogen) atoms. The molecular formula is C22H19BrN2O2. The van der Waals surface area contributed by atoms with Crippen molar-refractivity contribution in [2.75, 3.05) is 7.11 Å². The topological polar surface area (TPSA) is 36.3 Å². The lowest BCUT2D eigenvalue weighted by atomic mass is 10.2. The lowest BCUT2D eigenvalue weighted by Gasteiger charge is -2.11. The minimum atomic E-state index is 0.400. The van der Waals surface area contributed by atoms with Crippen LogP contribution >= 0.6 is 15.9 Å². The van der Waals surface area contributed by atoms with E-state index in [0.29, 0.717) is 6.61 Å². The number of methoxy groups -OCH3 is 1. The number of hydrogen-bond acceptors (Lipinski definition) is 3. The lowest BCUT2D eigenvalue weighted by Crippen LogP contribution is -2.08. The summed E-state index contributed by atoms with van der Waals surface area (Å²) < 4.78 is 14.4. The smallest absolute Gasteiger partial charge is 0.148 e. The van der Waals surface area contributed by atoms with Gasteiger partial charge in [-0.2, -0.15) is 0 Å². The Hall–Kier alpha value is -2.79. The second-order valence-electron chi connectivity index (χ2n) is 6.19. The molecule has 0 aliphatic heterocycles. The number of imidazole rings is 1. The molecule has 0 aliphatic carbocycles. The summed E-state index contributed by atoms with van der Waals surface area (Å²) in [6.07, 6.45) is 0. The van der Waals surface area contributed by atoms with Crippen LogP contribution in [0, 0.1) is 0 Å². The van der Waals surface area contributed by atoms with E-state index >= 15 is 0 Å². The number of nitrogens with zero attached hydrogens (tertiary/aromatic N) is 2. The molecule has 0 bridgehead atoms. The number of fused-ring (bicyclic) bond motifs is 1. The van der Waals surface area contributed by atoms with Crippen molar-refractivity contribution in [2.45, 2.75) is 13.2 Å². The van der Waals surface area contributed by atoms with Gasteiger partial charge in [-0.25, -0.2) is 4.98 Å². The molecular weight excluding hydrogens is 404 g/mol. The fraction of sp³-hybridized carbons (Fsp3) is 0.136. The Morgan fingerprint density at radius 3 is 2.33 bits per heavy atom. The van der Waals surface area contributed by atoms with Gasteiger partial charge in [-0.1, -0.05) is 40.2 Å². The molecule has 0 fully saturated rings. The molecule has 4 rings (SSSR count). The Morgan fingerprint density at radius 2 is 1.59 bits per heavy atom. The van der Waals surface area contributed by atoms with Gasteiger partial charge in [-0.3, -0.25) is 0 Å². The van der Waals surface area contributed by atoms with E-state index in [1.54, 1.807) is 7.11 Å². The molecule has 0 saturated heterocycles. The molecule has 0 N–H and O–H groups in total. The molecule has 0 saturated carbocycles. The maximum absolute atomic E-state index is 5.97. The van der Waals surface area contributed by atoms with E-state index in [1.165, 1.54) is 5.56 Å². The van der Waals surface area contributed by atoms with E-state index in [1.807, 2.05) is 42.5 Å². The van der Waals surface area contributed by atoms with Crippen LogP contribution in [0.5, 0.6) is 11.5 Å². The lowest BCUT2D eigenvalue weighted by molar-refractivity contribution is 0.290. The maximum atomic E-state index is 5.97. The number of benzene rings is 3. The molecule has 5 heteroatoms. The molecule has 4 nitrogen and oxygen atoms in total. The first-order valence-electron chi connectivity index (χ1n) is 8.68. The van der Waals surface area contributed by atoms with Crippen LogP contribution in [-0.2, 0) is 13.2 Å². The zero-order valence-electron chi connectivity index (χ0n) is 14.9. The first-order valence-corrected chi connectivity index (χ1v) is 9.47. The molecule has 3 aromatic carbocycles. The van der Waals surface area contributed by atoms with Crippen LogP contribution < -0.4 is 9.47 Å². The van der Waals surface area contributed by atoms with E-state index in [-0.39, 0.29) is 0 Å². The van der Waals surface area contributed by atoms with Gasteiger partial charge in [0, 0.05) is 11.0 Å². The molecule has 0 amide bonds. The number of rotatable bonds is 6. The summed E-state index contributed by atoms with van der Waals surface area (Å²) in [5.74, 6) is 2.50. The first-order chi connectivity index (χ1) is 13.2. The van der Waals surface area contributed by atoms with Gasteiger partial charge in [0.15, 0.2) is 0 Å². The van der Waals surface area contributed by atoms with E-state index < -0.39 is 0 Å². The predicted octanol–water partition coefficient (Wildman–Crippen LogP) is 5.43. The van der Waals surface area contributed by atoms with Crippen LogP contribution in [0.25, 0.3) is 11.0 Å². The van der Waals surface area contributed by atoms with Crippen molar-refractivity contribution in [2.24, 2.45) is 0 Å². The van der Waals surface area contributed by atoms with Gasteiger partial charge in [0.2, 0.25) is 0 Å². The number of hydrogen-bond donors (Lipinski definition) is 0. The average molecular weight is 423 g/mol. The molecule has 4 aromatic rings. The van der Waals surface area contributed by atoms with Crippen LogP contribution in [0.2, 0.25) is 0 Å². The number of ether oxygens (including phenoxy) is 2. The van der Waals surface area contributed by atoms with Crippen molar-refractivity contribution < 1.29 is 9.47 Å². The van der Waals surface area contributed by atoms with Gasteiger partial charge in [-0.05, 0) is 54.1 Å². The van der Waals surface area contributed by atoms with Crippen molar-refractivity contribution in [1.29, 1.82) is 0 Å². The minimum absolute atomic E-state index is 0.400. The normalized spacial score (nSPS) is 10.9. The van der Waals surface area contributed by atoms with E-state index in [9.17, 15) is 0 Å². The van der Waals surface area contributed by atoms with Crippen LogP contribution in [0.15, 0.2) is 77.3 Å². The fourth-order valence-corrected chi connectivity index (χ4v) is 3.27. The first kappa shape index (κ1) is 17.6. The average Bonchev–Trinajstić information content (AvgIpc) is 3.06. The van der Waals surface area contributed by atoms with Crippen LogP contribution in [-0.4, -0.2) is 16.7 Å². The summed E-state index contributed by atoms with van der Waals surface area (Å²) in [6, 6.07) is 24.1. The summed E-state index contributed by atoms with van der Waals surface area (Å²) in [5.41, 5.74) is 3.30. The SMILES string of the molecule is COc1ccc(OCc2nc3ccccc3n2Cc2ccc(Br)cc2)cc1. The highest BCUT2D eigenvalue weighted by Gasteiger charge is 2.12. The number of aromatic nitrogens is 2. The zero-order valence-corrected chi connectivity index (χ0v) is 16.5. The summed E-state index contributed by atoms with van der Waals surface area (Å²) in [4.78, 5) is 4.78. The zero-order chi connectivity index (χ0) is 18.6. The molecule has 0 aliphatic rings. The minimum Gasteiger partial charge on any atom is -0.497 e. The summed E-state index contributed by atoms with van der Waals surface area (Å²) in [6.45, 7) is 1.15. The van der Waals surface area contributed by atoms with Crippen molar-refractivity contribution in [3.8, 4) is 11.5 Å². The Balaban J connectivity index is 1.61. The van der Waals surface area contributed by atoms with Crippen molar-refractivity contribution in [3.63, 3.8) is 0 Å². The van der Waals surface area contributed by atoms with Gasteiger partial charge in [0.05, 0.1) is 18.1 Å². The van der Waals surface area contributed by atoms with Crippen molar-refractivity contribution in [3.05, 3.63) is 88.7 Å². The second kappa shape index (κ2) is 7.84. The van der Waals surface area contributed by atoms with Crippen LogP contribution in [0.3, 0.4) is 0 Å².